The first-order chi connectivity index (χ1) is 14.6. The minimum absolute atomic E-state index is 0.00671. The van der Waals surface area contributed by atoms with E-state index in [0.717, 1.165) is 12.8 Å². The van der Waals surface area contributed by atoms with Crippen LogP contribution in [0.1, 0.15) is 51.4 Å². The number of carbonyl (C=O) groups is 2. The van der Waals surface area contributed by atoms with Crippen molar-refractivity contribution in [2.75, 3.05) is 19.0 Å². The van der Waals surface area contributed by atoms with Gasteiger partial charge in [0.2, 0.25) is 5.91 Å². The Kier molecular flexibility index (Phi) is 8.33. The number of hydrogen-bond acceptors (Lipinski definition) is 5. The lowest BCUT2D eigenvalue weighted by Crippen LogP contribution is -2.52. The first-order valence-corrected chi connectivity index (χ1v) is 10.8. The van der Waals surface area contributed by atoms with Gasteiger partial charge in [-0.05, 0) is 49.9 Å². The first-order valence-electron chi connectivity index (χ1n) is 10.8. The Hall–Kier alpha value is -2.32. The van der Waals surface area contributed by atoms with E-state index in [4.69, 9.17) is 9.47 Å². The van der Waals surface area contributed by atoms with Gasteiger partial charge in [0.1, 0.15) is 11.9 Å². The lowest BCUT2D eigenvalue weighted by molar-refractivity contribution is -0.131. The SMILES string of the molecule is COc1ccc(NC(=O)N[C@@H]2CC[C@@H](CC(=O)NC3CCCCC3)O[C@@H]2CO)cc1. The third kappa shape index (κ3) is 6.60. The van der Waals surface area contributed by atoms with Gasteiger partial charge in [-0.15, -0.1) is 0 Å². The van der Waals surface area contributed by atoms with E-state index in [1.807, 2.05) is 0 Å². The predicted molar refractivity (Wildman–Crippen MR) is 114 cm³/mol. The number of nitrogens with one attached hydrogen (secondary N) is 3. The summed E-state index contributed by atoms with van der Waals surface area (Å²) in [6, 6.07) is 6.63. The molecule has 1 aromatic rings. The Morgan fingerprint density at radius 2 is 1.80 bits per heavy atom. The third-order valence-electron chi connectivity index (χ3n) is 5.84. The minimum Gasteiger partial charge on any atom is -0.497 e. The molecule has 0 spiro atoms. The van der Waals surface area contributed by atoms with Crippen LogP contribution >= 0.6 is 0 Å². The molecule has 1 saturated carbocycles. The van der Waals surface area contributed by atoms with E-state index >= 15 is 0 Å². The summed E-state index contributed by atoms with van der Waals surface area (Å²) in [5.41, 5.74) is 0.642. The molecule has 3 amide bonds. The molecule has 4 N–H and O–H groups in total. The second-order valence-corrected chi connectivity index (χ2v) is 8.10. The molecule has 0 radical (unpaired) electrons. The average Bonchev–Trinajstić information content (AvgIpc) is 2.76. The first kappa shape index (κ1) is 22.4. The molecule has 0 unspecified atom stereocenters. The van der Waals surface area contributed by atoms with Crippen molar-refractivity contribution in [3.63, 3.8) is 0 Å². The predicted octanol–water partition coefficient (Wildman–Crippen LogP) is 2.56. The number of aliphatic hydroxyl groups excluding tert-OH is 1. The average molecular weight is 420 g/mol. The van der Waals surface area contributed by atoms with Crippen LogP contribution in [-0.2, 0) is 9.53 Å². The Labute approximate surface area is 177 Å². The Morgan fingerprint density at radius 3 is 2.47 bits per heavy atom. The van der Waals surface area contributed by atoms with Gasteiger partial charge in [-0.25, -0.2) is 4.79 Å². The van der Waals surface area contributed by atoms with E-state index in [-0.39, 0.29) is 43.2 Å². The molecule has 2 fully saturated rings. The minimum atomic E-state index is -0.534. The van der Waals surface area contributed by atoms with Gasteiger partial charge in [-0.2, -0.15) is 0 Å². The number of benzene rings is 1. The van der Waals surface area contributed by atoms with E-state index in [2.05, 4.69) is 16.0 Å². The molecule has 0 aromatic heterocycles. The van der Waals surface area contributed by atoms with Gasteiger partial charge >= 0.3 is 6.03 Å². The topological polar surface area (TPSA) is 109 Å². The highest BCUT2D eigenvalue weighted by atomic mass is 16.5. The zero-order valence-electron chi connectivity index (χ0n) is 17.6. The molecule has 1 aromatic carbocycles. The largest absolute Gasteiger partial charge is 0.497 e. The van der Waals surface area contributed by atoms with E-state index < -0.39 is 6.10 Å². The molecule has 8 heteroatoms. The van der Waals surface area contributed by atoms with Crippen molar-refractivity contribution >= 4 is 17.6 Å². The zero-order valence-corrected chi connectivity index (χ0v) is 17.6. The molecule has 1 heterocycles. The van der Waals surface area contributed by atoms with E-state index in [0.29, 0.717) is 24.3 Å². The van der Waals surface area contributed by atoms with Crippen LogP contribution in [0.25, 0.3) is 0 Å². The zero-order chi connectivity index (χ0) is 21.3. The quantitative estimate of drug-likeness (QED) is 0.543. The maximum Gasteiger partial charge on any atom is 0.319 e. The fraction of sp³-hybridized carbons (Fsp3) is 0.636. The van der Waals surface area contributed by atoms with Crippen molar-refractivity contribution in [2.45, 2.75) is 75.7 Å². The summed E-state index contributed by atoms with van der Waals surface area (Å²) in [7, 11) is 1.58. The second-order valence-electron chi connectivity index (χ2n) is 8.10. The molecule has 1 saturated heterocycles. The van der Waals surface area contributed by atoms with Crippen LogP contribution in [0, 0.1) is 0 Å². The molecule has 1 aliphatic carbocycles. The highest BCUT2D eigenvalue weighted by molar-refractivity contribution is 5.89. The molecule has 1 aliphatic heterocycles. The van der Waals surface area contributed by atoms with Crippen LogP contribution in [0.3, 0.4) is 0 Å². The lowest BCUT2D eigenvalue weighted by Gasteiger charge is -2.36. The van der Waals surface area contributed by atoms with Crippen LogP contribution in [-0.4, -0.2) is 55.1 Å². The number of ether oxygens (including phenoxy) is 2. The highest BCUT2D eigenvalue weighted by Gasteiger charge is 2.33. The maximum absolute atomic E-state index is 12.3. The number of aliphatic hydroxyl groups is 1. The summed E-state index contributed by atoms with van der Waals surface area (Å²) in [5.74, 6) is 0.716. The molecule has 8 nitrogen and oxygen atoms in total. The molecule has 166 valence electrons. The van der Waals surface area contributed by atoms with Gasteiger partial charge in [-0.1, -0.05) is 19.3 Å². The monoisotopic (exact) mass is 419 g/mol. The molecule has 3 atom stereocenters. The van der Waals surface area contributed by atoms with Crippen LogP contribution in [0.4, 0.5) is 10.5 Å². The number of hydrogen-bond donors (Lipinski definition) is 4. The Bertz CT molecular complexity index is 691. The number of anilines is 1. The standard InChI is InChI=1S/C22H33N3O5/c1-29-17-9-7-16(8-10-17)24-22(28)25-19-12-11-18(30-20(19)14-26)13-21(27)23-15-5-3-2-4-6-15/h7-10,15,18-20,26H,2-6,11-14H2,1H3,(H,23,27)(H2,24,25,28)/t18-,19+,20+/m0/s1. The Balaban J connectivity index is 1.43. The summed E-state index contributed by atoms with van der Waals surface area (Å²) >= 11 is 0. The Morgan fingerprint density at radius 1 is 1.07 bits per heavy atom. The van der Waals surface area contributed by atoms with E-state index in [1.165, 1.54) is 19.3 Å². The van der Waals surface area contributed by atoms with Crippen molar-refractivity contribution in [2.24, 2.45) is 0 Å². The summed E-state index contributed by atoms with van der Waals surface area (Å²) in [6.07, 6.45) is 6.49. The van der Waals surface area contributed by atoms with Crippen molar-refractivity contribution in [3.05, 3.63) is 24.3 Å². The number of urea groups is 1. The summed E-state index contributed by atoms with van der Waals surface area (Å²) in [4.78, 5) is 24.7. The third-order valence-corrected chi connectivity index (χ3v) is 5.84. The van der Waals surface area contributed by atoms with Gasteiger partial charge in [0.05, 0.1) is 32.3 Å². The number of amides is 3. The molecular formula is C22H33N3O5. The van der Waals surface area contributed by atoms with Crippen LogP contribution in [0.2, 0.25) is 0 Å². The van der Waals surface area contributed by atoms with Gasteiger partial charge in [0.25, 0.3) is 0 Å². The normalized spacial score (nSPS) is 24.7. The summed E-state index contributed by atoms with van der Waals surface area (Å²) in [6.45, 7) is -0.214. The van der Waals surface area contributed by atoms with Crippen LogP contribution in [0.15, 0.2) is 24.3 Å². The van der Waals surface area contributed by atoms with Gasteiger partial charge < -0.3 is 30.5 Å². The number of carbonyl (C=O) groups excluding carboxylic acids is 2. The molecule has 30 heavy (non-hydrogen) atoms. The summed E-state index contributed by atoms with van der Waals surface area (Å²) < 4.78 is 11.0. The maximum atomic E-state index is 12.3. The molecular weight excluding hydrogens is 386 g/mol. The fourth-order valence-electron chi connectivity index (χ4n) is 4.20. The number of rotatable bonds is 7. The lowest BCUT2D eigenvalue weighted by atomic mass is 9.94. The molecule has 0 bridgehead atoms. The summed E-state index contributed by atoms with van der Waals surface area (Å²) in [5, 5.41) is 18.5. The van der Waals surface area contributed by atoms with Crippen molar-refractivity contribution < 1.29 is 24.2 Å². The smallest absolute Gasteiger partial charge is 0.319 e. The highest BCUT2D eigenvalue weighted by Crippen LogP contribution is 2.23. The van der Waals surface area contributed by atoms with Crippen molar-refractivity contribution in [3.8, 4) is 5.75 Å². The molecule has 2 aliphatic rings. The molecule has 3 rings (SSSR count). The second kappa shape index (κ2) is 11.2. The fourth-order valence-corrected chi connectivity index (χ4v) is 4.20. The van der Waals surface area contributed by atoms with Gasteiger partial charge in [0.15, 0.2) is 0 Å². The van der Waals surface area contributed by atoms with Crippen molar-refractivity contribution in [1.82, 2.24) is 10.6 Å². The number of methoxy groups -OCH3 is 1. The van der Waals surface area contributed by atoms with Crippen LogP contribution < -0.4 is 20.7 Å². The van der Waals surface area contributed by atoms with E-state index in [9.17, 15) is 14.7 Å². The van der Waals surface area contributed by atoms with Crippen LogP contribution in [0.5, 0.6) is 5.75 Å². The van der Waals surface area contributed by atoms with Gasteiger partial charge in [0, 0.05) is 11.7 Å². The van der Waals surface area contributed by atoms with E-state index in [1.54, 1.807) is 31.4 Å². The van der Waals surface area contributed by atoms with Gasteiger partial charge in [-0.3, -0.25) is 4.79 Å². The van der Waals surface area contributed by atoms with Crippen molar-refractivity contribution in [1.29, 1.82) is 0 Å².